The summed E-state index contributed by atoms with van der Waals surface area (Å²) in [6.45, 7) is 13.9. The van der Waals surface area contributed by atoms with Crippen LogP contribution in [0, 0.1) is 17.0 Å². The molecule has 0 spiro atoms. The fourth-order valence-electron chi connectivity index (χ4n) is 4.06. The van der Waals surface area contributed by atoms with Crippen LogP contribution in [0.15, 0.2) is 42.5 Å². The zero-order valence-electron chi connectivity index (χ0n) is 19.3. The van der Waals surface area contributed by atoms with Gasteiger partial charge in [-0.1, -0.05) is 45.9 Å². The number of aromatic nitrogens is 1. The number of ether oxygens (including phenoxy) is 1. The van der Waals surface area contributed by atoms with Crippen LogP contribution in [0.5, 0.6) is 5.75 Å². The van der Waals surface area contributed by atoms with Crippen LogP contribution in [0.2, 0.25) is 0 Å². The maximum absolute atomic E-state index is 12.5. The molecule has 2 heterocycles. The van der Waals surface area contributed by atoms with E-state index >= 15 is 0 Å². The van der Waals surface area contributed by atoms with Gasteiger partial charge in [-0.25, -0.2) is 8.78 Å². The molecule has 0 radical (unpaired) electrons. The first-order chi connectivity index (χ1) is 14.7. The summed E-state index contributed by atoms with van der Waals surface area (Å²) in [5.41, 5.74) is 4.60. The lowest BCUT2D eigenvalue weighted by atomic mass is 9.91. The van der Waals surface area contributed by atoms with Gasteiger partial charge in [0.05, 0.1) is 6.61 Å². The molecule has 2 aromatic carbocycles. The second-order valence-corrected chi connectivity index (χ2v) is 9.60. The molecule has 5 heteroatoms. The van der Waals surface area contributed by atoms with Crippen LogP contribution in [0.4, 0.5) is 8.78 Å². The minimum Gasteiger partial charge on any atom is -0.493 e. The number of rotatable bonds is 4. The molecule has 1 unspecified atom stereocenters. The quantitative estimate of drug-likeness (QED) is 0.500. The van der Waals surface area contributed by atoms with Crippen LogP contribution in [0.1, 0.15) is 52.3 Å². The Morgan fingerprint density at radius 1 is 1.10 bits per heavy atom. The largest absolute Gasteiger partial charge is 0.493 e. The predicted molar refractivity (Wildman–Crippen MR) is 123 cm³/mol. The van der Waals surface area contributed by atoms with Crippen LogP contribution in [-0.4, -0.2) is 29.1 Å². The number of benzene rings is 2. The number of H-pyrrole nitrogens is 1. The number of nitrogens with zero attached hydrogens (tertiary/aromatic N) is 1. The Hall–Kier alpha value is -2.40. The van der Waals surface area contributed by atoms with Crippen LogP contribution in [0.3, 0.4) is 0 Å². The topological polar surface area (TPSA) is 28.3 Å². The second-order valence-electron chi connectivity index (χ2n) is 9.60. The minimum absolute atomic E-state index is 0.245. The fraction of sp³-hybridized carbons (Fsp3) is 0.462. The molecule has 0 bridgehead atoms. The lowest BCUT2D eigenvalue weighted by Gasteiger charge is -2.37. The Bertz CT molecular complexity index is 986. The van der Waals surface area contributed by atoms with Gasteiger partial charge in [-0.3, -0.25) is 4.90 Å². The molecule has 0 aliphatic carbocycles. The summed E-state index contributed by atoms with van der Waals surface area (Å²) in [5, 5.41) is 1.42. The third kappa shape index (κ3) is 6.30. The van der Waals surface area contributed by atoms with E-state index in [-0.39, 0.29) is 5.75 Å². The molecule has 1 aromatic heterocycles. The lowest BCUT2D eigenvalue weighted by molar-refractivity contribution is 0.126. The van der Waals surface area contributed by atoms with E-state index in [0.29, 0.717) is 18.1 Å². The van der Waals surface area contributed by atoms with E-state index in [4.69, 9.17) is 4.74 Å². The zero-order valence-corrected chi connectivity index (χ0v) is 19.3. The van der Waals surface area contributed by atoms with Gasteiger partial charge < -0.3 is 9.72 Å². The van der Waals surface area contributed by atoms with E-state index in [9.17, 15) is 8.78 Å². The van der Waals surface area contributed by atoms with Gasteiger partial charge in [0.15, 0.2) is 0 Å². The highest BCUT2D eigenvalue weighted by Crippen LogP contribution is 2.31. The molecular weight excluding hydrogens is 394 g/mol. The van der Waals surface area contributed by atoms with Crippen LogP contribution in [0.25, 0.3) is 10.9 Å². The Morgan fingerprint density at radius 3 is 2.42 bits per heavy atom. The van der Waals surface area contributed by atoms with E-state index in [1.807, 2.05) is 6.92 Å². The molecule has 1 atom stereocenters. The SMILES string of the molecule is CC1Cc2c([nH]c3ccccc23)CN1CC(C)(C)C.CCCOc1cc(F)cc(F)c1. The Labute approximate surface area is 184 Å². The van der Waals surface area contributed by atoms with Crippen molar-refractivity contribution in [2.45, 2.75) is 60.0 Å². The molecule has 3 nitrogen and oxygen atoms in total. The average Bonchev–Trinajstić information content (AvgIpc) is 3.03. The molecule has 0 saturated carbocycles. The molecule has 0 fully saturated rings. The maximum Gasteiger partial charge on any atom is 0.129 e. The number of hydrogen-bond acceptors (Lipinski definition) is 2. The van der Waals surface area contributed by atoms with Crippen molar-refractivity contribution in [3.8, 4) is 5.75 Å². The van der Waals surface area contributed by atoms with Crippen molar-refractivity contribution >= 4 is 10.9 Å². The van der Waals surface area contributed by atoms with Crippen molar-refractivity contribution in [3.63, 3.8) is 0 Å². The van der Waals surface area contributed by atoms with E-state index in [1.54, 1.807) is 0 Å². The second kappa shape index (κ2) is 9.82. The van der Waals surface area contributed by atoms with Gasteiger partial charge in [-0.2, -0.15) is 0 Å². The van der Waals surface area contributed by atoms with E-state index in [1.165, 1.54) is 34.3 Å². The van der Waals surface area contributed by atoms with Crippen LogP contribution in [-0.2, 0) is 13.0 Å². The molecule has 0 amide bonds. The van der Waals surface area contributed by atoms with Crippen molar-refractivity contribution in [3.05, 3.63) is 65.4 Å². The first kappa shape index (κ1) is 23.3. The summed E-state index contributed by atoms with van der Waals surface area (Å²) in [7, 11) is 0. The third-order valence-corrected chi connectivity index (χ3v) is 5.37. The predicted octanol–water partition coefficient (Wildman–Crippen LogP) is 6.71. The highest BCUT2D eigenvalue weighted by atomic mass is 19.1. The molecule has 31 heavy (non-hydrogen) atoms. The summed E-state index contributed by atoms with van der Waals surface area (Å²) < 4.78 is 30.1. The Balaban J connectivity index is 0.000000196. The van der Waals surface area contributed by atoms with Crippen molar-refractivity contribution < 1.29 is 13.5 Å². The van der Waals surface area contributed by atoms with Crippen LogP contribution < -0.4 is 4.74 Å². The minimum atomic E-state index is -0.610. The van der Waals surface area contributed by atoms with Gasteiger partial charge in [0.1, 0.15) is 17.4 Å². The number of para-hydroxylation sites is 1. The van der Waals surface area contributed by atoms with E-state index in [0.717, 1.165) is 32.0 Å². The van der Waals surface area contributed by atoms with E-state index < -0.39 is 11.6 Å². The molecule has 0 saturated heterocycles. The standard InChI is InChI=1S/C17H24N2.C9H10F2O/c1-12-9-14-13-7-5-6-8-15(13)18-16(14)10-19(12)11-17(2,3)4;1-2-3-12-9-5-7(10)4-8(11)6-9/h5-8,12,18H,9-11H2,1-4H3;4-6H,2-3H2,1H3. The van der Waals surface area contributed by atoms with E-state index in [2.05, 4.69) is 61.8 Å². The van der Waals surface area contributed by atoms with Gasteiger partial charge in [-0.05, 0) is 36.8 Å². The molecule has 168 valence electrons. The molecule has 1 aliphatic heterocycles. The number of halogens is 2. The Kier molecular flexibility index (Phi) is 7.37. The van der Waals surface area contributed by atoms with Gasteiger partial charge in [0.2, 0.25) is 0 Å². The highest BCUT2D eigenvalue weighted by Gasteiger charge is 2.28. The maximum atomic E-state index is 12.5. The van der Waals surface area contributed by atoms with Crippen molar-refractivity contribution in [1.29, 1.82) is 0 Å². The smallest absolute Gasteiger partial charge is 0.129 e. The molecule has 1 N–H and O–H groups in total. The first-order valence-corrected chi connectivity index (χ1v) is 11.1. The molecule has 3 aromatic rings. The number of nitrogens with one attached hydrogen (secondary N) is 1. The number of aromatic amines is 1. The molecule has 1 aliphatic rings. The summed E-state index contributed by atoms with van der Waals surface area (Å²) in [6, 6.07) is 12.5. The van der Waals surface area contributed by atoms with Crippen molar-refractivity contribution in [2.24, 2.45) is 5.41 Å². The monoisotopic (exact) mass is 428 g/mol. The Morgan fingerprint density at radius 2 is 1.77 bits per heavy atom. The van der Waals surface area contributed by atoms with Crippen molar-refractivity contribution in [1.82, 2.24) is 9.88 Å². The van der Waals surface area contributed by atoms with Crippen LogP contribution >= 0.6 is 0 Å². The summed E-state index contributed by atoms with van der Waals surface area (Å²) in [6.07, 6.45) is 1.98. The average molecular weight is 429 g/mol. The van der Waals surface area contributed by atoms with Crippen molar-refractivity contribution in [2.75, 3.05) is 13.2 Å². The summed E-state index contributed by atoms with van der Waals surface area (Å²) in [5.74, 6) is -0.975. The zero-order chi connectivity index (χ0) is 22.6. The normalized spacial score (nSPS) is 16.5. The van der Waals surface area contributed by atoms with Gasteiger partial charge in [0, 0.05) is 53.9 Å². The number of hydrogen-bond donors (Lipinski definition) is 1. The fourth-order valence-corrected chi connectivity index (χ4v) is 4.06. The molecular formula is C26H34F2N2O. The lowest BCUT2D eigenvalue weighted by Crippen LogP contribution is -2.42. The summed E-state index contributed by atoms with van der Waals surface area (Å²) >= 11 is 0. The number of fused-ring (bicyclic) bond motifs is 3. The highest BCUT2D eigenvalue weighted by molar-refractivity contribution is 5.84. The van der Waals surface area contributed by atoms with Gasteiger partial charge >= 0.3 is 0 Å². The van der Waals surface area contributed by atoms with Gasteiger partial charge in [0.25, 0.3) is 0 Å². The first-order valence-electron chi connectivity index (χ1n) is 11.1. The summed E-state index contributed by atoms with van der Waals surface area (Å²) in [4.78, 5) is 6.22. The third-order valence-electron chi connectivity index (χ3n) is 5.37. The molecule has 4 rings (SSSR count). The van der Waals surface area contributed by atoms with Gasteiger partial charge in [-0.15, -0.1) is 0 Å².